The molecule has 2 aromatic rings. The highest BCUT2D eigenvalue weighted by atomic mass is 32.2. The first-order valence-corrected chi connectivity index (χ1v) is 18.8. The Bertz CT molecular complexity index is 1340. The zero-order valence-electron chi connectivity index (χ0n) is 24.2. The zero-order chi connectivity index (χ0) is 30.7. The van der Waals surface area contributed by atoms with Crippen LogP contribution in [0, 0.1) is 0 Å². The van der Waals surface area contributed by atoms with Gasteiger partial charge in [-0.3, -0.25) is 8.75 Å². The third-order valence-corrected chi connectivity index (χ3v) is 19.1. The van der Waals surface area contributed by atoms with Crippen LogP contribution in [0.25, 0.3) is 11.2 Å². The van der Waals surface area contributed by atoms with E-state index in [1.807, 2.05) is 55.4 Å². The maximum Gasteiger partial charge on any atom is 0.523 e. The Hall–Kier alpha value is -1.68. The molecule has 2 fully saturated rings. The van der Waals surface area contributed by atoms with E-state index in [0.29, 0.717) is 0 Å². The van der Waals surface area contributed by atoms with Crippen LogP contribution >= 0.6 is 0 Å². The fourth-order valence-electron chi connectivity index (χ4n) is 5.71. The minimum Gasteiger partial charge on any atom is -0.414 e. The molecule has 2 aromatic heterocycles. The number of hydrogen-bond donors (Lipinski definition) is 1. The predicted octanol–water partition coefficient (Wildman–Crippen LogP) is 4.50. The van der Waals surface area contributed by atoms with Gasteiger partial charge in [-0.15, -0.1) is 0 Å². The number of alkyl halides is 3. The number of aromatic nitrogens is 4. The van der Waals surface area contributed by atoms with E-state index in [2.05, 4.69) is 15.0 Å². The number of fused-ring (bicyclic) bond motifs is 2. The predicted molar refractivity (Wildman–Crippen MR) is 147 cm³/mol. The van der Waals surface area contributed by atoms with Crippen LogP contribution in [-0.4, -0.2) is 75.5 Å². The van der Waals surface area contributed by atoms with Crippen LogP contribution in [0.5, 0.6) is 0 Å². The number of nitrogens with zero attached hydrogens (tertiary/aromatic N) is 4. The van der Waals surface area contributed by atoms with Crippen molar-refractivity contribution >= 4 is 44.2 Å². The van der Waals surface area contributed by atoms with Crippen LogP contribution in [0.3, 0.4) is 0 Å². The van der Waals surface area contributed by atoms with Crippen molar-refractivity contribution in [3.05, 3.63) is 12.7 Å². The Morgan fingerprint density at radius 3 is 2.20 bits per heavy atom. The summed E-state index contributed by atoms with van der Waals surface area (Å²) in [6.07, 6.45) is -3.12. The minimum absolute atomic E-state index is 0.000790. The lowest BCUT2D eigenvalue weighted by atomic mass is 10.1. The summed E-state index contributed by atoms with van der Waals surface area (Å²) in [5.74, 6) is 0.0295. The monoisotopic (exact) mass is 643 g/mol. The number of halogens is 3. The number of nitrogen functional groups attached to an aromatic ring is 1. The van der Waals surface area contributed by atoms with Gasteiger partial charge in [-0.2, -0.15) is 21.6 Å². The number of imidazole rings is 1. The van der Waals surface area contributed by atoms with E-state index in [-0.39, 0.29) is 45.8 Å². The first-order chi connectivity index (χ1) is 18.9. The quantitative estimate of drug-likeness (QED) is 0.197. The summed E-state index contributed by atoms with van der Waals surface area (Å²) in [4.78, 5) is 12.2. The van der Waals surface area contributed by atoms with E-state index in [4.69, 9.17) is 27.6 Å². The summed E-state index contributed by atoms with van der Waals surface area (Å²) in [6, 6.07) is 0. The second-order valence-corrected chi connectivity index (χ2v) is 22.1. The standard InChI is InChI=1S/C23H38F3N5O7SSi2/c1-12(2)40(13(3)4)34-9-16-18(37-41(38-40,14(5)6)15(7)8)19(36-39(32,33)23(24,25)26)22(35-16)31-11-30-17-20(27)28-10-29-21(17)31/h10-16,18-19,22H,9H2,1-8H3,(H2,27,28,29)/t16-,18-,19+,22-/m1/s1/i37+2. The second kappa shape index (κ2) is 11.1. The molecule has 2 N–H and O–H groups in total. The molecule has 2 aliphatic rings. The van der Waals surface area contributed by atoms with Crippen LogP contribution in [0.15, 0.2) is 12.7 Å². The average Bonchev–Trinajstić information content (AvgIpc) is 3.39. The van der Waals surface area contributed by atoms with Gasteiger partial charge in [0, 0.05) is 0 Å². The van der Waals surface area contributed by atoms with Crippen molar-refractivity contribution in [1.29, 1.82) is 0 Å². The van der Waals surface area contributed by atoms with Crippen LogP contribution in [-0.2, 0) is 32.0 Å². The van der Waals surface area contributed by atoms with Gasteiger partial charge in [-0.05, 0) is 22.2 Å². The van der Waals surface area contributed by atoms with Crippen molar-refractivity contribution in [1.82, 2.24) is 19.5 Å². The maximum absolute atomic E-state index is 13.6. The van der Waals surface area contributed by atoms with E-state index in [0.717, 1.165) is 6.33 Å². The number of nitrogens with two attached hydrogens (primary N) is 1. The van der Waals surface area contributed by atoms with Gasteiger partial charge in [0.25, 0.3) is 0 Å². The summed E-state index contributed by atoms with van der Waals surface area (Å²) in [6.45, 7) is 15.7. The Labute approximate surface area is 239 Å². The molecule has 41 heavy (non-hydrogen) atoms. The van der Waals surface area contributed by atoms with Crippen LogP contribution < -0.4 is 5.73 Å². The van der Waals surface area contributed by atoms with E-state index < -0.39 is 57.3 Å². The summed E-state index contributed by atoms with van der Waals surface area (Å²) >= 11 is 0. The minimum atomic E-state index is -6.07. The number of hydrogen-bond acceptors (Lipinski definition) is 11. The second-order valence-electron chi connectivity index (χ2n) is 11.7. The number of ether oxygens (including phenoxy) is 1. The van der Waals surface area contributed by atoms with Crippen molar-refractivity contribution in [3.63, 3.8) is 0 Å². The van der Waals surface area contributed by atoms with Crippen molar-refractivity contribution in [2.45, 2.75) is 108 Å². The Balaban J connectivity index is 1.91. The molecule has 4 heterocycles. The highest BCUT2D eigenvalue weighted by Gasteiger charge is 2.63. The summed E-state index contributed by atoms with van der Waals surface area (Å²) in [5.41, 5.74) is 0.143. The van der Waals surface area contributed by atoms with Crippen LogP contribution in [0.4, 0.5) is 19.0 Å². The number of anilines is 1. The van der Waals surface area contributed by atoms with Gasteiger partial charge in [0.2, 0.25) is 0 Å². The summed E-state index contributed by atoms with van der Waals surface area (Å²) < 4.78 is 98.7. The molecule has 2 saturated heterocycles. The molecule has 0 amide bonds. The van der Waals surface area contributed by atoms with E-state index >= 15 is 0 Å². The third kappa shape index (κ3) is 5.45. The molecule has 0 aliphatic carbocycles. The van der Waals surface area contributed by atoms with E-state index in [1.54, 1.807) is 0 Å². The smallest absolute Gasteiger partial charge is 0.414 e. The van der Waals surface area contributed by atoms with Gasteiger partial charge in [-0.1, -0.05) is 55.4 Å². The normalized spacial score (nSPS) is 27.1. The molecule has 0 saturated carbocycles. The molecule has 18 heteroatoms. The van der Waals surface area contributed by atoms with E-state index in [1.165, 1.54) is 10.9 Å². The largest absolute Gasteiger partial charge is 0.523 e. The molecule has 0 bridgehead atoms. The fraction of sp³-hybridized carbons (Fsp3) is 0.783. The Morgan fingerprint density at radius 1 is 1.05 bits per heavy atom. The van der Waals surface area contributed by atoms with Gasteiger partial charge < -0.3 is 23.4 Å². The average molecular weight is 644 g/mol. The summed E-state index contributed by atoms with van der Waals surface area (Å²) in [5, 5.41) is 0. The zero-order valence-corrected chi connectivity index (χ0v) is 27.1. The summed E-state index contributed by atoms with van der Waals surface area (Å²) in [7, 11) is -12.5. The molecule has 0 spiro atoms. The molecule has 2 aliphatic heterocycles. The fourth-order valence-corrected chi connectivity index (χ4v) is 17.5. The van der Waals surface area contributed by atoms with Crippen molar-refractivity contribution in [2.75, 3.05) is 12.3 Å². The lowest BCUT2D eigenvalue weighted by Gasteiger charge is -2.51. The molecular weight excluding hydrogens is 606 g/mol. The SMILES string of the molecule is CC(C)[Si]1(C(C)C)OC[C@H]2O[C@@H](n3cnc4c(N)ncnc43)[C@@H](OS(=O)(=O)C(F)(F)F)[C@@H]2[18O][Si](C(C)C)(C(C)C)O1. The Kier molecular flexibility index (Phi) is 8.74. The molecule has 0 radical (unpaired) electrons. The lowest BCUT2D eigenvalue weighted by Crippen LogP contribution is -2.66. The van der Waals surface area contributed by atoms with Crippen molar-refractivity contribution < 1.29 is 43.5 Å². The van der Waals surface area contributed by atoms with E-state index in [9.17, 15) is 21.6 Å². The van der Waals surface area contributed by atoms with Gasteiger partial charge in [-0.25, -0.2) is 15.0 Å². The Morgan fingerprint density at radius 2 is 1.66 bits per heavy atom. The molecule has 232 valence electrons. The van der Waals surface area contributed by atoms with Crippen LogP contribution in [0.2, 0.25) is 22.2 Å². The maximum atomic E-state index is 13.6. The van der Waals surface area contributed by atoms with Gasteiger partial charge in [0.05, 0.1) is 12.9 Å². The molecule has 0 unspecified atom stereocenters. The topological polar surface area (TPSA) is 150 Å². The van der Waals surface area contributed by atoms with Gasteiger partial charge in [0.15, 0.2) is 23.8 Å². The highest BCUT2D eigenvalue weighted by Crippen LogP contribution is 2.49. The third-order valence-electron chi connectivity index (χ3n) is 7.80. The highest BCUT2D eigenvalue weighted by molar-refractivity contribution is 7.87. The molecule has 4 atom stereocenters. The lowest BCUT2D eigenvalue weighted by molar-refractivity contribution is -0.0694. The number of rotatable bonds is 7. The first-order valence-electron chi connectivity index (χ1n) is 13.5. The molecule has 0 aromatic carbocycles. The molecular formula is C23H38F3N5O7SSi2. The first kappa shape index (κ1) is 32.2. The van der Waals surface area contributed by atoms with Crippen molar-refractivity contribution in [2.24, 2.45) is 0 Å². The molecule has 12 nitrogen and oxygen atoms in total. The van der Waals surface area contributed by atoms with Gasteiger partial charge >= 0.3 is 32.7 Å². The van der Waals surface area contributed by atoms with Gasteiger partial charge in [0.1, 0.15) is 24.1 Å². The van der Waals surface area contributed by atoms with Crippen LogP contribution in [0.1, 0.15) is 61.6 Å². The van der Waals surface area contributed by atoms with Crippen molar-refractivity contribution in [3.8, 4) is 0 Å². The molecule has 4 rings (SSSR count).